The molecule has 7 heteroatoms. The third-order valence-electron chi connectivity index (χ3n) is 7.07. The number of carbonyl (C=O) groups is 1. The standard InChI is InChI=1S/C26H24ClF3N2O/c27-20-11-9-18(10-12-20)25(22-7-2-1-6-21(22)23-8-4-16-32(23)25)14-13-24(33)31-15-3-5-19(17-31)26(28,29)30/h1-2,4,6-12,16,19H,3,5,13-15,17H2. The molecule has 3 nitrogen and oxygen atoms in total. The molecular weight excluding hydrogens is 449 g/mol. The third-order valence-corrected chi connectivity index (χ3v) is 7.32. The summed E-state index contributed by atoms with van der Waals surface area (Å²) in [5.74, 6) is -1.67. The molecule has 0 bridgehead atoms. The lowest BCUT2D eigenvalue weighted by molar-refractivity contribution is -0.188. The Bertz CT molecular complexity index is 1170. The lowest BCUT2D eigenvalue weighted by Gasteiger charge is -2.37. The maximum atomic E-state index is 13.3. The van der Waals surface area contributed by atoms with E-state index in [-0.39, 0.29) is 25.3 Å². The fraction of sp³-hybridized carbons (Fsp3) is 0.346. The molecule has 0 aliphatic carbocycles. The van der Waals surface area contributed by atoms with Crippen molar-refractivity contribution in [1.29, 1.82) is 0 Å². The summed E-state index contributed by atoms with van der Waals surface area (Å²) in [7, 11) is 0. The summed E-state index contributed by atoms with van der Waals surface area (Å²) in [6, 6.07) is 19.8. The van der Waals surface area contributed by atoms with E-state index in [9.17, 15) is 18.0 Å². The molecule has 2 atom stereocenters. The molecule has 1 amide bonds. The Kier molecular flexibility index (Phi) is 5.52. The SMILES string of the molecule is O=C(CCC1(c2ccc(Cl)cc2)c2ccccc2-c2cccn21)N1CCCC(C(F)(F)F)C1. The highest BCUT2D eigenvalue weighted by molar-refractivity contribution is 6.30. The van der Waals surface area contributed by atoms with Gasteiger partial charge in [0.25, 0.3) is 0 Å². The monoisotopic (exact) mass is 472 g/mol. The average molecular weight is 473 g/mol. The van der Waals surface area contributed by atoms with Crippen LogP contribution in [-0.4, -0.2) is 34.6 Å². The number of benzene rings is 2. The molecule has 33 heavy (non-hydrogen) atoms. The Hall–Kier alpha value is -2.73. The van der Waals surface area contributed by atoms with Crippen molar-refractivity contribution in [2.45, 2.75) is 37.4 Å². The largest absolute Gasteiger partial charge is 0.393 e. The zero-order valence-electron chi connectivity index (χ0n) is 18.0. The Morgan fingerprint density at radius 1 is 1.06 bits per heavy atom. The number of halogens is 4. The Morgan fingerprint density at radius 3 is 2.58 bits per heavy atom. The summed E-state index contributed by atoms with van der Waals surface area (Å²) >= 11 is 6.16. The molecule has 2 aliphatic heterocycles. The number of amides is 1. The van der Waals surface area contributed by atoms with E-state index in [1.165, 1.54) is 4.90 Å². The molecule has 5 rings (SSSR count). The third kappa shape index (κ3) is 3.74. The van der Waals surface area contributed by atoms with Crippen molar-refractivity contribution in [1.82, 2.24) is 9.47 Å². The minimum absolute atomic E-state index is 0.0854. The summed E-state index contributed by atoms with van der Waals surface area (Å²) in [5.41, 5.74) is 3.61. The van der Waals surface area contributed by atoms with Crippen LogP contribution in [0.4, 0.5) is 13.2 Å². The van der Waals surface area contributed by atoms with Crippen LogP contribution in [0.15, 0.2) is 66.9 Å². The molecule has 1 aromatic heterocycles. The highest BCUT2D eigenvalue weighted by Gasteiger charge is 2.45. The molecule has 2 aliphatic rings. The highest BCUT2D eigenvalue weighted by Crippen LogP contribution is 2.50. The Labute approximate surface area is 195 Å². The number of aromatic nitrogens is 1. The zero-order valence-corrected chi connectivity index (χ0v) is 18.7. The van der Waals surface area contributed by atoms with E-state index in [1.54, 1.807) is 0 Å². The summed E-state index contributed by atoms with van der Waals surface area (Å²) in [6.45, 7) is 0.131. The molecule has 1 fully saturated rings. The van der Waals surface area contributed by atoms with E-state index in [0.717, 1.165) is 22.4 Å². The van der Waals surface area contributed by atoms with Crippen LogP contribution in [0.25, 0.3) is 11.3 Å². The second-order valence-electron chi connectivity index (χ2n) is 8.90. The fourth-order valence-electron chi connectivity index (χ4n) is 5.47. The maximum absolute atomic E-state index is 13.3. The Balaban J connectivity index is 1.49. The molecular formula is C26H24ClF3N2O. The molecule has 3 heterocycles. The summed E-state index contributed by atoms with van der Waals surface area (Å²) in [6.07, 6.45) is -1.20. The van der Waals surface area contributed by atoms with E-state index in [1.807, 2.05) is 48.7 Å². The smallest absolute Gasteiger partial charge is 0.342 e. The van der Waals surface area contributed by atoms with Gasteiger partial charge in [0, 0.05) is 42.0 Å². The van der Waals surface area contributed by atoms with Gasteiger partial charge in [-0.05, 0) is 54.7 Å². The molecule has 1 saturated heterocycles. The van der Waals surface area contributed by atoms with Crippen LogP contribution in [0.3, 0.4) is 0 Å². The number of piperidine rings is 1. The van der Waals surface area contributed by atoms with Crippen molar-refractivity contribution in [3.63, 3.8) is 0 Å². The normalized spacial score (nSPS) is 22.2. The predicted molar refractivity (Wildman–Crippen MR) is 122 cm³/mol. The minimum atomic E-state index is -4.27. The van der Waals surface area contributed by atoms with Gasteiger partial charge in [0.05, 0.1) is 11.5 Å². The number of hydrogen-bond acceptors (Lipinski definition) is 1. The number of rotatable bonds is 4. The van der Waals surface area contributed by atoms with Crippen LogP contribution >= 0.6 is 11.6 Å². The van der Waals surface area contributed by atoms with Crippen LogP contribution < -0.4 is 0 Å². The molecule has 0 radical (unpaired) electrons. The van der Waals surface area contributed by atoms with Crippen molar-refractivity contribution < 1.29 is 18.0 Å². The van der Waals surface area contributed by atoms with Crippen LogP contribution in [0.1, 0.15) is 36.8 Å². The lowest BCUT2D eigenvalue weighted by Crippen LogP contribution is -2.45. The van der Waals surface area contributed by atoms with Crippen molar-refractivity contribution in [3.8, 4) is 11.3 Å². The zero-order chi connectivity index (χ0) is 23.2. The quantitative estimate of drug-likeness (QED) is 0.425. The van der Waals surface area contributed by atoms with E-state index < -0.39 is 17.6 Å². The van der Waals surface area contributed by atoms with Gasteiger partial charge in [-0.3, -0.25) is 4.79 Å². The second kappa shape index (κ2) is 8.24. The molecule has 0 saturated carbocycles. The van der Waals surface area contributed by atoms with Gasteiger partial charge < -0.3 is 9.47 Å². The van der Waals surface area contributed by atoms with Crippen molar-refractivity contribution >= 4 is 17.5 Å². The first-order valence-corrected chi connectivity index (χ1v) is 11.6. The van der Waals surface area contributed by atoms with Crippen LogP contribution in [0.5, 0.6) is 0 Å². The van der Waals surface area contributed by atoms with Gasteiger partial charge >= 0.3 is 6.18 Å². The summed E-state index contributed by atoms with van der Waals surface area (Å²) in [4.78, 5) is 14.5. The number of hydrogen-bond donors (Lipinski definition) is 0. The topological polar surface area (TPSA) is 25.2 Å². The average Bonchev–Trinajstić information content (AvgIpc) is 3.39. The highest BCUT2D eigenvalue weighted by atomic mass is 35.5. The first-order chi connectivity index (χ1) is 15.8. The number of nitrogens with zero attached hydrogens (tertiary/aromatic N) is 2. The van der Waals surface area contributed by atoms with Gasteiger partial charge in [0.1, 0.15) is 0 Å². The van der Waals surface area contributed by atoms with E-state index in [2.05, 4.69) is 22.8 Å². The lowest BCUT2D eigenvalue weighted by atomic mass is 9.79. The van der Waals surface area contributed by atoms with Crippen LogP contribution in [0, 0.1) is 5.92 Å². The molecule has 2 unspecified atom stereocenters. The number of fused-ring (bicyclic) bond motifs is 3. The first kappa shape index (κ1) is 22.1. The summed E-state index contributed by atoms with van der Waals surface area (Å²) in [5, 5.41) is 0.621. The minimum Gasteiger partial charge on any atom is -0.342 e. The molecule has 172 valence electrons. The first-order valence-electron chi connectivity index (χ1n) is 11.2. The second-order valence-corrected chi connectivity index (χ2v) is 9.33. The van der Waals surface area contributed by atoms with Crippen LogP contribution in [-0.2, 0) is 10.3 Å². The van der Waals surface area contributed by atoms with Gasteiger partial charge in [-0.2, -0.15) is 13.2 Å². The molecule has 0 spiro atoms. The number of alkyl halides is 3. The van der Waals surface area contributed by atoms with Crippen molar-refractivity contribution in [2.24, 2.45) is 5.92 Å². The van der Waals surface area contributed by atoms with E-state index in [0.29, 0.717) is 24.4 Å². The number of likely N-dealkylation sites (tertiary alicyclic amines) is 1. The van der Waals surface area contributed by atoms with Crippen molar-refractivity contribution in [2.75, 3.05) is 13.1 Å². The summed E-state index contributed by atoms with van der Waals surface area (Å²) < 4.78 is 42.0. The molecule has 0 N–H and O–H groups in total. The van der Waals surface area contributed by atoms with Crippen LogP contribution in [0.2, 0.25) is 5.02 Å². The van der Waals surface area contributed by atoms with Gasteiger partial charge in [0.15, 0.2) is 0 Å². The van der Waals surface area contributed by atoms with E-state index in [4.69, 9.17) is 11.6 Å². The number of carbonyl (C=O) groups excluding carboxylic acids is 1. The van der Waals surface area contributed by atoms with Gasteiger partial charge in [-0.1, -0.05) is 48.0 Å². The molecule has 2 aromatic carbocycles. The van der Waals surface area contributed by atoms with Gasteiger partial charge in [0.2, 0.25) is 5.91 Å². The Morgan fingerprint density at radius 2 is 1.82 bits per heavy atom. The maximum Gasteiger partial charge on any atom is 0.393 e. The fourth-order valence-corrected chi connectivity index (χ4v) is 5.59. The van der Waals surface area contributed by atoms with E-state index >= 15 is 0 Å². The van der Waals surface area contributed by atoms with Gasteiger partial charge in [-0.25, -0.2) is 0 Å². The van der Waals surface area contributed by atoms with Crippen molar-refractivity contribution in [3.05, 3.63) is 83.0 Å². The van der Waals surface area contributed by atoms with Gasteiger partial charge in [-0.15, -0.1) is 0 Å². The molecule has 3 aromatic rings. The predicted octanol–water partition coefficient (Wildman–Crippen LogP) is 6.49.